The molecule has 0 radical (unpaired) electrons. The molecule has 0 aromatic carbocycles. The zero-order valence-electron chi connectivity index (χ0n) is 7.98. The molecule has 1 nitrogen and oxygen atoms in total. The Kier molecular flexibility index (Phi) is 1.26. The maximum Gasteiger partial charge on any atom is 0.0951 e. The molecule has 0 amide bonds. The molecule has 2 fully saturated rings. The van der Waals surface area contributed by atoms with Crippen molar-refractivity contribution in [3.8, 4) is 0 Å². The van der Waals surface area contributed by atoms with Gasteiger partial charge in [-0.15, -0.1) is 0 Å². The van der Waals surface area contributed by atoms with Gasteiger partial charge in [0.2, 0.25) is 0 Å². The molecule has 11 heavy (non-hydrogen) atoms. The first-order chi connectivity index (χ1) is 4.97. The summed E-state index contributed by atoms with van der Waals surface area (Å²) in [7, 11) is 0. The minimum Gasteiger partial charge on any atom is -0.354 e. The smallest absolute Gasteiger partial charge is 0.0951 e. The van der Waals surface area contributed by atoms with Gasteiger partial charge >= 0.3 is 0 Å². The van der Waals surface area contributed by atoms with Crippen molar-refractivity contribution in [1.82, 2.24) is 0 Å². The lowest BCUT2D eigenvalue weighted by Gasteiger charge is -2.37. The van der Waals surface area contributed by atoms with Crippen LogP contribution in [0.5, 0.6) is 0 Å². The first-order valence-electron chi connectivity index (χ1n) is 4.80. The maximum absolute atomic E-state index is 4.34. The van der Waals surface area contributed by atoms with Gasteiger partial charge in [-0.2, -0.15) is 0 Å². The predicted octanol–water partition coefficient (Wildman–Crippen LogP) is 1.44. The van der Waals surface area contributed by atoms with Crippen LogP contribution in [0, 0.1) is 16.7 Å². The molecule has 0 unspecified atom stereocenters. The minimum absolute atomic E-state index is 0.521. The molecule has 0 aliphatic heterocycles. The van der Waals surface area contributed by atoms with Crippen LogP contribution in [0.4, 0.5) is 0 Å². The lowest BCUT2D eigenvalue weighted by atomic mass is 9.69. The van der Waals surface area contributed by atoms with Crippen LogP contribution in [-0.2, 0) is 0 Å². The van der Waals surface area contributed by atoms with Crippen molar-refractivity contribution in [2.24, 2.45) is 16.7 Å². The third-order valence-corrected chi connectivity index (χ3v) is 4.57. The van der Waals surface area contributed by atoms with E-state index in [1.807, 2.05) is 0 Å². The van der Waals surface area contributed by atoms with Crippen LogP contribution in [0.3, 0.4) is 0 Å². The van der Waals surface area contributed by atoms with Crippen LogP contribution in [0.25, 0.3) is 0 Å². The van der Waals surface area contributed by atoms with Gasteiger partial charge in [0.15, 0.2) is 0 Å². The molecule has 3 N–H and O–H groups in total. The summed E-state index contributed by atoms with van der Waals surface area (Å²) in [6.07, 6.45) is 4.32. The van der Waals surface area contributed by atoms with Gasteiger partial charge in [0.25, 0.3) is 0 Å². The molecule has 1 heteroatoms. The Bertz CT molecular complexity index is 181. The molecule has 0 aromatic heterocycles. The van der Waals surface area contributed by atoms with Crippen molar-refractivity contribution in [3.63, 3.8) is 0 Å². The van der Waals surface area contributed by atoms with Crippen LogP contribution in [-0.4, -0.2) is 6.04 Å². The van der Waals surface area contributed by atoms with Gasteiger partial charge in [0.1, 0.15) is 0 Å². The molecular formula is C10H20N+. The number of fused-ring (bicyclic) bond motifs is 2. The van der Waals surface area contributed by atoms with Crippen molar-refractivity contribution in [1.29, 1.82) is 0 Å². The highest BCUT2D eigenvalue weighted by atomic mass is 14.8. The third kappa shape index (κ3) is 0.752. The molecular weight excluding hydrogens is 134 g/mol. The predicted molar refractivity (Wildman–Crippen MR) is 45.9 cm³/mol. The molecule has 3 atom stereocenters. The average molecular weight is 154 g/mol. The van der Waals surface area contributed by atoms with Crippen LogP contribution < -0.4 is 5.73 Å². The molecule has 0 saturated heterocycles. The fourth-order valence-electron chi connectivity index (χ4n) is 3.41. The minimum atomic E-state index is 0.521. The Morgan fingerprint density at radius 3 is 2.18 bits per heavy atom. The Labute approximate surface area is 69.4 Å². The number of hydrogen-bond donors (Lipinski definition) is 1. The first kappa shape index (κ1) is 7.60. The molecule has 2 rings (SSSR count). The molecule has 0 aromatic rings. The summed E-state index contributed by atoms with van der Waals surface area (Å²) in [5, 5.41) is 0. The molecule has 2 saturated carbocycles. The summed E-state index contributed by atoms with van der Waals surface area (Å²) < 4.78 is 0. The second kappa shape index (κ2) is 1.82. The second-order valence-electron chi connectivity index (χ2n) is 5.47. The van der Waals surface area contributed by atoms with Crippen LogP contribution in [0.15, 0.2) is 0 Å². The first-order valence-corrected chi connectivity index (χ1v) is 4.80. The van der Waals surface area contributed by atoms with Gasteiger partial charge in [-0.1, -0.05) is 20.8 Å². The Morgan fingerprint density at radius 2 is 1.91 bits per heavy atom. The third-order valence-electron chi connectivity index (χ3n) is 4.57. The van der Waals surface area contributed by atoms with Crippen molar-refractivity contribution >= 4 is 0 Å². The second-order valence-corrected chi connectivity index (χ2v) is 5.47. The highest BCUT2D eigenvalue weighted by Crippen LogP contribution is 2.60. The summed E-state index contributed by atoms with van der Waals surface area (Å²) in [6, 6.07) is 0.689. The van der Waals surface area contributed by atoms with Crippen LogP contribution >= 0.6 is 0 Å². The monoisotopic (exact) mass is 154 g/mol. The Morgan fingerprint density at radius 1 is 1.27 bits per heavy atom. The zero-order valence-corrected chi connectivity index (χ0v) is 7.98. The van der Waals surface area contributed by atoms with Crippen LogP contribution in [0.1, 0.15) is 40.0 Å². The van der Waals surface area contributed by atoms with Gasteiger partial charge in [0, 0.05) is 10.8 Å². The highest BCUT2D eigenvalue weighted by molar-refractivity contribution is 5.07. The topological polar surface area (TPSA) is 27.6 Å². The van der Waals surface area contributed by atoms with E-state index in [0.29, 0.717) is 16.9 Å². The molecule has 2 aliphatic rings. The zero-order chi connectivity index (χ0) is 8.28. The quantitative estimate of drug-likeness (QED) is 0.547. The lowest BCUT2D eigenvalue weighted by molar-refractivity contribution is -0.467. The number of hydrogen-bond acceptors (Lipinski definition) is 0. The fraction of sp³-hybridized carbons (Fsp3) is 1.00. The van der Waals surface area contributed by atoms with E-state index < -0.39 is 0 Å². The van der Waals surface area contributed by atoms with Crippen molar-refractivity contribution < 1.29 is 5.73 Å². The largest absolute Gasteiger partial charge is 0.354 e. The SMILES string of the molecule is CC1(C)[C@H]2CC[C@](C)(C2)[C@H]1[NH3+]. The highest BCUT2D eigenvalue weighted by Gasteiger charge is 2.60. The van der Waals surface area contributed by atoms with Gasteiger partial charge < -0.3 is 5.73 Å². The number of quaternary nitrogens is 1. The van der Waals surface area contributed by atoms with E-state index in [0.717, 1.165) is 5.92 Å². The van der Waals surface area contributed by atoms with Crippen molar-refractivity contribution in [3.05, 3.63) is 0 Å². The summed E-state index contributed by atoms with van der Waals surface area (Å²) in [5.74, 6) is 0.968. The summed E-state index contributed by atoms with van der Waals surface area (Å²) >= 11 is 0. The van der Waals surface area contributed by atoms with E-state index in [1.165, 1.54) is 19.3 Å². The van der Waals surface area contributed by atoms with E-state index in [4.69, 9.17) is 0 Å². The standard InChI is InChI=1S/C10H19N/c1-9(2)7-4-5-10(3,6-7)8(9)11/h7-8H,4-6,11H2,1-3H3/p+1/t7-,8-,10+/m0/s1. The van der Waals surface area contributed by atoms with Gasteiger partial charge in [0.05, 0.1) is 6.04 Å². The Hall–Kier alpha value is -0.0400. The van der Waals surface area contributed by atoms with E-state index >= 15 is 0 Å². The van der Waals surface area contributed by atoms with E-state index in [9.17, 15) is 0 Å². The van der Waals surface area contributed by atoms with E-state index in [2.05, 4.69) is 26.5 Å². The van der Waals surface area contributed by atoms with Crippen molar-refractivity contribution in [2.75, 3.05) is 0 Å². The van der Waals surface area contributed by atoms with Gasteiger partial charge in [-0.25, -0.2) is 0 Å². The summed E-state index contributed by atoms with van der Waals surface area (Å²) in [4.78, 5) is 0. The van der Waals surface area contributed by atoms with Gasteiger partial charge in [-0.3, -0.25) is 0 Å². The fourth-order valence-corrected chi connectivity index (χ4v) is 3.41. The van der Waals surface area contributed by atoms with E-state index in [-0.39, 0.29) is 0 Å². The summed E-state index contributed by atoms with van der Waals surface area (Å²) in [5.41, 5.74) is 5.46. The maximum atomic E-state index is 4.34. The molecule has 2 bridgehead atoms. The Balaban J connectivity index is 2.34. The van der Waals surface area contributed by atoms with Crippen molar-refractivity contribution in [2.45, 2.75) is 46.1 Å². The normalized spacial score (nSPS) is 53.5. The lowest BCUT2D eigenvalue weighted by Crippen LogP contribution is -2.72. The van der Waals surface area contributed by atoms with Crippen LogP contribution in [0.2, 0.25) is 0 Å². The number of rotatable bonds is 0. The molecule has 64 valence electrons. The molecule has 2 aliphatic carbocycles. The summed E-state index contributed by atoms with van der Waals surface area (Å²) in [6.45, 7) is 7.24. The average Bonchev–Trinajstić information content (AvgIpc) is 2.36. The molecule has 0 heterocycles. The van der Waals surface area contributed by atoms with E-state index in [1.54, 1.807) is 0 Å². The van der Waals surface area contributed by atoms with Gasteiger partial charge in [-0.05, 0) is 25.2 Å². The molecule has 0 spiro atoms.